The summed E-state index contributed by atoms with van der Waals surface area (Å²) in [6.45, 7) is 1.27. The largest absolute Gasteiger partial charge is 0.508 e. The van der Waals surface area contributed by atoms with Gasteiger partial charge in [0.2, 0.25) is 0 Å². The second kappa shape index (κ2) is 5.04. The maximum Gasteiger partial charge on any atom is 0.256 e. The van der Waals surface area contributed by atoms with Crippen LogP contribution >= 0.6 is 15.9 Å². The molecular weight excluding hydrogens is 289 g/mol. The number of phenolic OH excluding ortho intramolecular Hbond substituents is 1. The lowest BCUT2D eigenvalue weighted by molar-refractivity contribution is 0.0723. The average Bonchev–Trinajstić information content (AvgIpc) is 2.29. The minimum atomic E-state index is -0.670. The van der Waals surface area contributed by atoms with E-state index in [0.29, 0.717) is 17.9 Å². The second-order valence-electron chi connectivity index (χ2n) is 4.13. The Labute approximate surface area is 107 Å². The standard InChI is InChI=1S/C12H13BrFNO2/c13-8-3-5-15(6-4-8)12(17)10-2-1-9(16)7-11(10)14/h1-2,7-8,16H,3-6H2. The number of alkyl halides is 1. The van der Waals surface area contributed by atoms with Crippen LogP contribution in [0, 0.1) is 5.82 Å². The van der Waals surface area contributed by atoms with Gasteiger partial charge < -0.3 is 10.0 Å². The summed E-state index contributed by atoms with van der Waals surface area (Å²) in [5.41, 5.74) is 0.0239. The van der Waals surface area contributed by atoms with Gasteiger partial charge in [-0.1, -0.05) is 15.9 Å². The molecule has 2 rings (SSSR count). The van der Waals surface area contributed by atoms with Crippen LogP contribution in [-0.2, 0) is 0 Å². The molecule has 0 spiro atoms. The molecule has 1 fully saturated rings. The molecule has 0 saturated carbocycles. The predicted octanol–water partition coefficient (Wildman–Crippen LogP) is 2.53. The first-order valence-electron chi connectivity index (χ1n) is 5.50. The van der Waals surface area contributed by atoms with Gasteiger partial charge in [0.1, 0.15) is 11.6 Å². The van der Waals surface area contributed by atoms with Crippen LogP contribution in [0.25, 0.3) is 0 Å². The maximum atomic E-state index is 13.5. The molecule has 1 N–H and O–H groups in total. The van der Waals surface area contributed by atoms with Gasteiger partial charge in [0.25, 0.3) is 5.91 Å². The van der Waals surface area contributed by atoms with Crippen molar-refractivity contribution in [2.75, 3.05) is 13.1 Å². The Kier molecular flexibility index (Phi) is 3.66. The number of rotatable bonds is 1. The third kappa shape index (κ3) is 2.77. The highest BCUT2D eigenvalue weighted by Gasteiger charge is 2.24. The van der Waals surface area contributed by atoms with E-state index in [9.17, 15) is 9.18 Å². The predicted molar refractivity (Wildman–Crippen MR) is 65.9 cm³/mol. The quantitative estimate of drug-likeness (QED) is 0.810. The number of hydrogen-bond acceptors (Lipinski definition) is 2. The number of halogens is 2. The lowest BCUT2D eigenvalue weighted by Crippen LogP contribution is -2.39. The van der Waals surface area contributed by atoms with Crippen molar-refractivity contribution in [1.82, 2.24) is 4.90 Å². The van der Waals surface area contributed by atoms with Crippen molar-refractivity contribution in [2.24, 2.45) is 0 Å². The Hall–Kier alpha value is -1.10. The molecule has 0 aliphatic carbocycles. The first kappa shape index (κ1) is 12.4. The highest BCUT2D eigenvalue weighted by molar-refractivity contribution is 9.09. The van der Waals surface area contributed by atoms with Crippen molar-refractivity contribution in [3.05, 3.63) is 29.6 Å². The van der Waals surface area contributed by atoms with Crippen LogP contribution in [0.3, 0.4) is 0 Å². The molecule has 0 aromatic heterocycles. The monoisotopic (exact) mass is 301 g/mol. The Morgan fingerprint density at radius 2 is 2.06 bits per heavy atom. The number of nitrogens with zero attached hydrogens (tertiary/aromatic N) is 1. The Balaban J connectivity index is 2.14. The fourth-order valence-corrected chi connectivity index (χ4v) is 2.31. The van der Waals surface area contributed by atoms with E-state index in [4.69, 9.17) is 5.11 Å². The van der Waals surface area contributed by atoms with Gasteiger partial charge in [-0.05, 0) is 25.0 Å². The highest BCUT2D eigenvalue weighted by Crippen LogP contribution is 2.21. The van der Waals surface area contributed by atoms with Crippen molar-refractivity contribution in [1.29, 1.82) is 0 Å². The normalized spacial score (nSPS) is 17.2. The molecule has 17 heavy (non-hydrogen) atoms. The molecule has 5 heteroatoms. The fourth-order valence-electron chi connectivity index (χ4n) is 1.90. The van der Waals surface area contributed by atoms with E-state index < -0.39 is 5.82 Å². The number of amides is 1. The summed E-state index contributed by atoms with van der Waals surface area (Å²) < 4.78 is 13.5. The summed E-state index contributed by atoms with van der Waals surface area (Å²) in [5.74, 6) is -1.14. The van der Waals surface area contributed by atoms with E-state index >= 15 is 0 Å². The number of carbonyl (C=O) groups is 1. The van der Waals surface area contributed by atoms with Crippen LogP contribution < -0.4 is 0 Å². The van der Waals surface area contributed by atoms with E-state index in [1.807, 2.05) is 0 Å². The van der Waals surface area contributed by atoms with E-state index in [0.717, 1.165) is 18.9 Å². The minimum absolute atomic E-state index is 0.0239. The molecule has 1 saturated heterocycles. The van der Waals surface area contributed by atoms with Gasteiger partial charge in [0.05, 0.1) is 5.56 Å². The number of carbonyl (C=O) groups excluding carboxylic acids is 1. The topological polar surface area (TPSA) is 40.5 Å². The zero-order chi connectivity index (χ0) is 12.4. The van der Waals surface area contributed by atoms with Crippen LogP contribution in [0.5, 0.6) is 5.75 Å². The van der Waals surface area contributed by atoms with Gasteiger partial charge in [0, 0.05) is 24.0 Å². The SMILES string of the molecule is O=C(c1ccc(O)cc1F)N1CCC(Br)CC1. The smallest absolute Gasteiger partial charge is 0.256 e. The van der Waals surface area contributed by atoms with Gasteiger partial charge >= 0.3 is 0 Å². The molecule has 0 atom stereocenters. The number of likely N-dealkylation sites (tertiary alicyclic amines) is 1. The van der Waals surface area contributed by atoms with Crippen LogP contribution in [0.1, 0.15) is 23.2 Å². The third-order valence-electron chi connectivity index (χ3n) is 2.89. The summed E-state index contributed by atoms with van der Waals surface area (Å²) in [7, 11) is 0. The summed E-state index contributed by atoms with van der Waals surface area (Å²) in [4.78, 5) is 14.1. The summed E-state index contributed by atoms with van der Waals surface area (Å²) in [6.07, 6.45) is 1.76. The van der Waals surface area contributed by atoms with Gasteiger partial charge in [0.15, 0.2) is 0 Å². The lowest BCUT2D eigenvalue weighted by atomic mass is 10.1. The van der Waals surface area contributed by atoms with Crippen LogP contribution in [0.4, 0.5) is 4.39 Å². The van der Waals surface area contributed by atoms with Crippen molar-refractivity contribution in [3.63, 3.8) is 0 Å². The highest BCUT2D eigenvalue weighted by atomic mass is 79.9. The fraction of sp³-hybridized carbons (Fsp3) is 0.417. The molecule has 1 heterocycles. The molecule has 1 amide bonds. The average molecular weight is 302 g/mol. The summed E-state index contributed by atoms with van der Waals surface area (Å²) >= 11 is 3.50. The van der Waals surface area contributed by atoms with Gasteiger partial charge in [-0.2, -0.15) is 0 Å². The molecule has 1 aliphatic rings. The van der Waals surface area contributed by atoms with Crippen molar-refractivity contribution >= 4 is 21.8 Å². The number of aromatic hydroxyl groups is 1. The van der Waals surface area contributed by atoms with Gasteiger partial charge in [-0.25, -0.2) is 4.39 Å². The van der Waals surface area contributed by atoms with E-state index in [-0.39, 0.29) is 17.2 Å². The molecular formula is C12H13BrFNO2. The second-order valence-corrected chi connectivity index (χ2v) is 5.43. The van der Waals surface area contributed by atoms with Crippen LogP contribution in [-0.4, -0.2) is 33.8 Å². The van der Waals surface area contributed by atoms with Gasteiger partial charge in [-0.3, -0.25) is 4.79 Å². The molecule has 0 radical (unpaired) electrons. The maximum absolute atomic E-state index is 13.5. The molecule has 1 aromatic carbocycles. The molecule has 3 nitrogen and oxygen atoms in total. The van der Waals surface area contributed by atoms with E-state index in [1.165, 1.54) is 12.1 Å². The van der Waals surface area contributed by atoms with E-state index in [2.05, 4.69) is 15.9 Å². The molecule has 0 bridgehead atoms. The molecule has 0 unspecified atom stereocenters. The Bertz CT molecular complexity index is 431. The molecule has 1 aromatic rings. The minimum Gasteiger partial charge on any atom is -0.508 e. The molecule has 92 valence electrons. The zero-order valence-electron chi connectivity index (χ0n) is 9.20. The first-order chi connectivity index (χ1) is 8.08. The van der Waals surface area contributed by atoms with Crippen molar-refractivity contribution in [2.45, 2.75) is 17.7 Å². The van der Waals surface area contributed by atoms with Crippen molar-refractivity contribution < 1.29 is 14.3 Å². The van der Waals surface area contributed by atoms with Crippen molar-refractivity contribution in [3.8, 4) is 5.75 Å². The molecule has 1 aliphatic heterocycles. The van der Waals surface area contributed by atoms with Crippen LogP contribution in [0.2, 0.25) is 0 Å². The number of phenols is 1. The summed E-state index contributed by atoms with van der Waals surface area (Å²) in [6, 6.07) is 3.62. The zero-order valence-corrected chi connectivity index (χ0v) is 10.8. The van der Waals surface area contributed by atoms with Crippen LogP contribution in [0.15, 0.2) is 18.2 Å². The van der Waals surface area contributed by atoms with Gasteiger partial charge in [-0.15, -0.1) is 0 Å². The Morgan fingerprint density at radius 3 is 2.65 bits per heavy atom. The summed E-state index contributed by atoms with van der Waals surface area (Å²) in [5, 5.41) is 9.09. The van der Waals surface area contributed by atoms with E-state index in [1.54, 1.807) is 4.90 Å². The lowest BCUT2D eigenvalue weighted by Gasteiger charge is -2.29. The number of hydrogen-bond donors (Lipinski definition) is 1. The number of piperidine rings is 1. The first-order valence-corrected chi connectivity index (χ1v) is 6.41. The Morgan fingerprint density at radius 1 is 1.41 bits per heavy atom. The third-order valence-corrected chi connectivity index (χ3v) is 3.81. The number of benzene rings is 1.